The largest absolute Gasteiger partial charge is 0.444 e. The van der Waals surface area contributed by atoms with Gasteiger partial charge in [-0.25, -0.2) is 22.0 Å². The van der Waals surface area contributed by atoms with Crippen molar-refractivity contribution in [2.45, 2.75) is 45.3 Å². The maximum atomic E-state index is 14.6. The van der Waals surface area contributed by atoms with E-state index in [1.165, 1.54) is 21.9 Å². The first-order chi connectivity index (χ1) is 14.4. The van der Waals surface area contributed by atoms with E-state index in [4.69, 9.17) is 4.74 Å². The molecule has 1 atom stereocenters. The van der Waals surface area contributed by atoms with Crippen molar-refractivity contribution in [3.05, 3.63) is 35.4 Å². The summed E-state index contributed by atoms with van der Waals surface area (Å²) in [6.45, 7) is 5.43. The van der Waals surface area contributed by atoms with Gasteiger partial charge in [0.05, 0.1) is 17.5 Å². The molecule has 2 fully saturated rings. The molecule has 2 aliphatic rings. The lowest BCUT2D eigenvalue weighted by Crippen LogP contribution is -2.55. The molecule has 2 amide bonds. The number of carbonyl (C=O) groups excluding carboxylic acids is 2. The van der Waals surface area contributed by atoms with Crippen LogP contribution in [-0.4, -0.2) is 67.0 Å². The Bertz CT molecular complexity index is 947. The fourth-order valence-electron chi connectivity index (χ4n) is 3.95. The van der Waals surface area contributed by atoms with Gasteiger partial charge in [0.2, 0.25) is 5.91 Å². The second kappa shape index (κ2) is 8.72. The van der Waals surface area contributed by atoms with Gasteiger partial charge in [-0.1, -0.05) is 12.1 Å². The zero-order valence-electron chi connectivity index (χ0n) is 17.9. The summed E-state index contributed by atoms with van der Waals surface area (Å²) in [4.78, 5) is 28.6. The molecule has 3 rings (SSSR count). The molecule has 0 N–H and O–H groups in total. The highest BCUT2D eigenvalue weighted by molar-refractivity contribution is 7.91. The highest BCUT2D eigenvalue weighted by atomic mass is 32.2. The monoisotopic (exact) mass is 458 g/mol. The molecular formula is C21H28F2N2O5S. The average Bonchev–Trinajstić information content (AvgIpc) is 2.68. The van der Waals surface area contributed by atoms with Crippen LogP contribution < -0.4 is 0 Å². The third-order valence-electron chi connectivity index (χ3n) is 5.56. The quantitative estimate of drug-likeness (QED) is 0.681. The molecular weight excluding hydrogens is 430 g/mol. The molecule has 1 aromatic carbocycles. The van der Waals surface area contributed by atoms with Crippen LogP contribution in [0.5, 0.6) is 0 Å². The Morgan fingerprint density at radius 2 is 1.74 bits per heavy atom. The van der Waals surface area contributed by atoms with Crippen LogP contribution in [0.2, 0.25) is 0 Å². The van der Waals surface area contributed by atoms with Crippen molar-refractivity contribution in [3.63, 3.8) is 0 Å². The van der Waals surface area contributed by atoms with Crippen LogP contribution in [0.4, 0.5) is 13.6 Å². The SMILES string of the molecule is CC(C)(C)OC(=O)N1CCN(C(=O)C2CCS(=O)(=O)CC2)[C@H](c2cccc(F)c2F)C1. The number of ether oxygens (including phenoxy) is 1. The molecule has 0 radical (unpaired) electrons. The Morgan fingerprint density at radius 3 is 2.35 bits per heavy atom. The third-order valence-corrected chi connectivity index (χ3v) is 7.27. The number of halogens is 2. The predicted molar refractivity (Wildman–Crippen MR) is 110 cm³/mol. The zero-order valence-corrected chi connectivity index (χ0v) is 18.8. The lowest BCUT2D eigenvalue weighted by molar-refractivity contribution is -0.141. The van der Waals surface area contributed by atoms with Gasteiger partial charge in [-0.15, -0.1) is 0 Å². The van der Waals surface area contributed by atoms with E-state index in [9.17, 15) is 26.8 Å². The Morgan fingerprint density at radius 1 is 1.10 bits per heavy atom. The van der Waals surface area contributed by atoms with Crippen LogP contribution in [0.25, 0.3) is 0 Å². The molecule has 7 nitrogen and oxygen atoms in total. The molecule has 31 heavy (non-hydrogen) atoms. The lowest BCUT2D eigenvalue weighted by atomic mass is 9.96. The molecule has 2 aliphatic heterocycles. The van der Waals surface area contributed by atoms with Crippen LogP contribution in [-0.2, 0) is 19.4 Å². The summed E-state index contributed by atoms with van der Waals surface area (Å²) >= 11 is 0. The van der Waals surface area contributed by atoms with Crippen LogP contribution in [0.15, 0.2) is 18.2 Å². The molecule has 0 bridgehead atoms. The molecule has 0 unspecified atom stereocenters. The summed E-state index contributed by atoms with van der Waals surface area (Å²) in [5, 5.41) is 0. The average molecular weight is 459 g/mol. The summed E-state index contributed by atoms with van der Waals surface area (Å²) in [5.41, 5.74) is -0.748. The number of amides is 2. The first-order valence-corrected chi connectivity index (χ1v) is 12.1. The first-order valence-electron chi connectivity index (χ1n) is 10.3. The Kier molecular flexibility index (Phi) is 6.59. The summed E-state index contributed by atoms with van der Waals surface area (Å²) in [5.74, 6) is -3.05. The molecule has 172 valence electrons. The Balaban J connectivity index is 1.87. The lowest BCUT2D eigenvalue weighted by Gasteiger charge is -2.43. The van der Waals surface area contributed by atoms with Gasteiger partial charge in [0.1, 0.15) is 15.4 Å². The normalized spacial score (nSPS) is 22.3. The van der Waals surface area contributed by atoms with E-state index in [0.717, 1.165) is 6.07 Å². The number of piperazine rings is 1. The highest BCUT2D eigenvalue weighted by Crippen LogP contribution is 2.32. The molecule has 1 aromatic rings. The van der Waals surface area contributed by atoms with Gasteiger partial charge in [-0.2, -0.15) is 0 Å². The molecule has 0 saturated carbocycles. The molecule has 2 heterocycles. The van der Waals surface area contributed by atoms with Gasteiger partial charge in [-0.3, -0.25) is 4.79 Å². The fourth-order valence-corrected chi connectivity index (χ4v) is 5.45. The summed E-state index contributed by atoms with van der Waals surface area (Å²) in [6.07, 6.45) is -0.192. The Hall–Kier alpha value is -2.23. The third kappa shape index (κ3) is 5.53. The van der Waals surface area contributed by atoms with Crippen LogP contribution in [0.3, 0.4) is 0 Å². The van der Waals surface area contributed by atoms with Crippen molar-refractivity contribution in [3.8, 4) is 0 Å². The predicted octanol–water partition coefficient (Wildman–Crippen LogP) is 2.91. The highest BCUT2D eigenvalue weighted by Gasteiger charge is 2.40. The van der Waals surface area contributed by atoms with Gasteiger partial charge >= 0.3 is 6.09 Å². The first kappa shape index (κ1) is 23.4. The van der Waals surface area contributed by atoms with Crippen molar-refractivity contribution < 1.29 is 31.5 Å². The van der Waals surface area contributed by atoms with E-state index in [0.29, 0.717) is 0 Å². The smallest absolute Gasteiger partial charge is 0.410 e. The van der Waals surface area contributed by atoms with E-state index in [1.54, 1.807) is 20.8 Å². The van der Waals surface area contributed by atoms with Crippen molar-refractivity contribution in [2.75, 3.05) is 31.1 Å². The number of carbonyl (C=O) groups is 2. The van der Waals surface area contributed by atoms with Crippen molar-refractivity contribution in [1.82, 2.24) is 9.80 Å². The number of nitrogens with zero attached hydrogens (tertiary/aromatic N) is 2. The summed E-state index contributed by atoms with van der Waals surface area (Å²) in [6, 6.07) is 2.84. The minimum atomic E-state index is -3.15. The van der Waals surface area contributed by atoms with E-state index in [-0.39, 0.29) is 55.5 Å². The van der Waals surface area contributed by atoms with Crippen LogP contribution in [0, 0.1) is 17.6 Å². The van der Waals surface area contributed by atoms with E-state index < -0.39 is 45.1 Å². The molecule has 0 spiro atoms. The minimum absolute atomic E-state index is 0.0231. The maximum absolute atomic E-state index is 14.6. The second-order valence-electron chi connectivity index (χ2n) is 9.04. The van der Waals surface area contributed by atoms with Gasteiger partial charge in [0.25, 0.3) is 0 Å². The van der Waals surface area contributed by atoms with Gasteiger partial charge in [0, 0.05) is 31.1 Å². The molecule has 0 aromatic heterocycles. The summed E-state index contributed by atoms with van der Waals surface area (Å²) < 4.78 is 57.4. The number of rotatable bonds is 2. The van der Waals surface area contributed by atoms with E-state index in [1.807, 2.05) is 0 Å². The minimum Gasteiger partial charge on any atom is -0.444 e. The van der Waals surface area contributed by atoms with Crippen molar-refractivity contribution in [2.24, 2.45) is 5.92 Å². The van der Waals surface area contributed by atoms with Crippen molar-refractivity contribution in [1.29, 1.82) is 0 Å². The number of sulfone groups is 1. The van der Waals surface area contributed by atoms with Crippen molar-refractivity contribution >= 4 is 21.8 Å². The number of hydrogen-bond donors (Lipinski definition) is 0. The van der Waals surface area contributed by atoms with Crippen LogP contribution in [0.1, 0.15) is 45.2 Å². The molecule has 0 aliphatic carbocycles. The number of benzene rings is 1. The van der Waals surface area contributed by atoms with Gasteiger partial charge in [-0.05, 0) is 39.7 Å². The van der Waals surface area contributed by atoms with Gasteiger partial charge < -0.3 is 14.5 Å². The van der Waals surface area contributed by atoms with Gasteiger partial charge in [0.15, 0.2) is 11.6 Å². The molecule has 2 saturated heterocycles. The molecule has 10 heteroatoms. The standard InChI is InChI=1S/C21H28F2N2O5S/c1-21(2,3)30-20(27)24-9-10-25(19(26)14-7-11-31(28,29)12-8-14)17(13-24)15-5-4-6-16(22)18(15)23/h4-6,14,17H,7-13H2,1-3H3/t17-/m0/s1. The van der Waals surface area contributed by atoms with E-state index in [2.05, 4.69) is 0 Å². The zero-order chi connectivity index (χ0) is 23.0. The second-order valence-corrected chi connectivity index (χ2v) is 11.3. The fraction of sp³-hybridized carbons (Fsp3) is 0.619. The van der Waals surface area contributed by atoms with E-state index >= 15 is 0 Å². The maximum Gasteiger partial charge on any atom is 0.410 e. The topological polar surface area (TPSA) is 84.0 Å². The number of hydrogen-bond acceptors (Lipinski definition) is 5. The summed E-state index contributed by atoms with van der Waals surface area (Å²) in [7, 11) is -3.15. The van der Waals surface area contributed by atoms with Crippen LogP contribution >= 0.6 is 0 Å². The Labute approximate surface area is 181 Å².